The van der Waals surface area contributed by atoms with Crippen LogP contribution in [0.5, 0.6) is 0 Å². The van der Waals surface area contributed by atoms with E-state index >= 15 is 0 Å². The van der Waals surface area contributed by atoms with Crippen LogP contribution in [0.4, 0.5) is 0 Å². The first-order valence-corrected chi connectivity index (χ1v) is 13.6. The normalized spacial score (nSPS) is 11.3. The van der Waals surface area contributed by atoms with E-state index in [2.05, 4.69) is 0 Å². The average Bonchev–Trinajstić information content (AvgIpc) is 2.88. The lowest BCUT2D eigenvalue weighted by atomic mass is 10.3. The number of ether oxygens (including phenoxy) is 2. The number of esters is 2. The maximum atomic E-state index is 13.7. The van der Waals surface area contributed by atoms with E-state index in [9.17, 15) is 14.7 Å². The zero-order chi connectivity index (χ0) is 27.3. The SMILES string of the molecule is CC(=O)O.CCOC(=O)C/C([O-])=C(\C(=O)OCC)[P+](c1ccccc1)(c1ccccc1)c1ccccc1. The average molecular weight is 523 g/mol. The van der Waals surface area contributed by atoms with Gasteiger partial charge in [0.1, 0.15) is 15.9 Å². The van der Waals surface area contributed by atoms with Gasteiger partial charge in [0.15, 0.2) is 12.6 Å². The molecule has 0 aliphatic carbocycles. The van der Waals surface area contributed by atoms with Crippen LogP contribution in [-0.2, 0) is 23.9 Å². The van der Waals surface area contributed by atoms with Gasteiger partial charge in [0.25, 0.3) is 5.97 Å². The van der Waals surface area contributed by atoms with Crippen molar-refractivity contribution < 1.29 is 34.1 Å². The fourth-order valence-corrected chi connectivity index (χ4v) is 8.17. The van der Waals surface area contributed by atoms with Crippen LogP contribution < -0.4 is 21.0 Å². The third-order valence-corrected chi connectivity index (χ3v) is 9.43. The van der Waals surface area contributed by atoms with Crippen LogP contribution >= 0.6 is 7.26 Å². The van der Waals surface area contributed by atoms with Gasteiger partial charge in [0.2, 0.25) is 0 Å². The number of aliphatic carboxylic acids is 1. The number of carbonyl (C=O) groups excluding carboxylic acids is 2. The summed E-state index contributed by atoms with van der Waals surface area (Å²) in [4.78, 5) is 34.8. The Morgan fingerprint density at radius 1 is 0.730 bits per heavy atom. The molecule has 0 aliphatic rings. The summed E-state index contributed by atoms with van der Waals surface area (Å²) in [6, 6.07) is 28.5. The van der Waals surface area contributed by atoms with Gasteiger partial charge in [-0.3, -0.25) is 9.59 Å². The van der Waals surface area contributed by atoms with E-state index in [1.165, 1.54) is 0 Å². The van der Waals surface area contributed by atoms with Gasteiger partial charge in [-0.25, -0.2) is 4.79 Å². The Balaban J connectivity index is 0.00000112. The van der Waals surface area contributed by atoms with E-state index in [1.54, 1.807) is 13.8 Å². The third-order valence-electron chi connectivity index (χ3n) is 5.11. The van der Waals surface area contributed by atoms with Gasteiger partial charge < -0.3 is 19.7 Å². The minimum Gasteiger partial charge on any atom is -0.872 e. The lowest BCUT2D eigenvalue weighted by molar-refractivity contribution is -0.306. The fraction of sp³-hybridized carbons (Fsp3) is 0.207. The van der Waals surface area contributed by atoms with Crippen molar-refractivity contribution in [1.29, 1.82) is 0 Å². The molecular formula is C29H31O7P. The molecule has 7 nitrogen and oxygen atoms in total. The molecule has 8 heteroatoms. The molecule has 0 heterocycles. The first-order chi connectivity index (χ1) is 17.8. The maximum Gasteiger partial charge on any atom is 0.374 e. The number of benzene rings is 3. The molecule has 0 saturated carbocycles. The highest BCUT2D eigenvalue weighted by Crippen LogP contribution is 2.63. The van der Waals surface area contributed by atoms with Gasteiger partial charge >= 0.3 is 11.9 Å². The minimum absolute atomic E-state index is 0.0130. The second-order valence-electron chi connectivity index (χ2n) is 7.67. The molecule has 37 heavy (non-hydrogen) atoms. The first-order valence-electron chi connectivity index (χ1n) is 11.8. The summed E-state index contributed by atoms with van der Waals surface area (Å²) < 4.78 is 10.4. The second-order valence-corrected chi connectivity index (χ2v) is 11.0. The molecule has 0 atom stereocenters. The molecule has 0 saturated heterocycles. The summed E-state index contributed by atoms with van der Waals surface area (Å²) in [5, 5.41) is 23.6. The van der Waals surface area contributed by atoms with Crippen LogP contribution in [0.3, 0.4) is 0 Å². The molecule has 0 aromatic heterocycles. The smallest absolute Gasteiger partial charge is 0.374 e. The number of carboxylic acid groups (broad SMARTS) is 1. The van der Waals surface area contributed by atoms with Crippen molar-refractivity contribution in [2.45, 2.75) is 27.2 Å². The molecule has 194 valence electrons. The van der Waals surface area contributed by atoms with Gasteiger partial charge in [0, 0.05) is 6.92 Å². The van der Waals surface area contributed by atoms with Gasteiger partial charge in [-0.2, -0.15) is 0 Å². The van der Waals surface area contributed by atoms with Crippen molar-refractivity contribution in [1.82, 2.24) is 0 Å². The van der Waals surface area contributed by atoms with E-state index in [0.29, 0.717) is 0 Å². The Morgan fingerprint density at radius 3 is 1.41 bits per heavy atom. The highest BCUT2D eigenvalue weighted by atomic mass is 31.2. The Kier molecular flexibility index (Phi) is 11.5. The van der Waals surface area contributed by atoms with E-state index in [1.807, 2.05) is 91.0 Å². The summed E-state index contributed by atoms with van der Waals surface area (Å²) in [5.74, 6) is -2.80. The minimum atomic E-state index is -3.00. The molecule has 3 rings (SSSR count). The molecule has 0 radical (unpaired) electrons. The number of rotatable bonds is 9. The van der Waals surface area contributed by atoms with Crippen molar-refractivity contribution in [2.24, 2.45) is 0 Å². The van der Waals surface area contributed by atoms with Crippen molar-refractivity contribution in [3.8, 4) is 0 Å². The van der Waals surface area contributed by atoms with Gasteiger partial charge in [-0.15, -0.1) is 0 Å². The highest BCUT2D eigenvalue weighted by Gasteiger charge is 2.53. The lowest BCUT2D eigenvalue weighted by Crippen LogP contribution is -2.37. The van der Waals surface area contributed by atoms with E-state index in [-0.39, 0.29) is 18.5 Å². The fourth-order valence-electron chi connectivity index (χ4n) is 3.85. The molecular weight excluding hydrogens is 491 g/mol. The highest BCUT2D eigenvalue weighted by molar-refractivity contribution is 7.99. The van der Waals surface area contributed by atoms with Crippen LogP contribution in [0.25, 0.3) is 0 Å². The Labute approximate surface area is 217 Å². The molecule has 0 unspecified atom stereocenters. The summed E-state index contributed by atoms with van der Waals surface area (Å²) in [7, 11) is -3.00. The number of carboxylic acids is 1. The largest absolute Gasteiger partial charge is 0.872 e. The molecule has 3 aromatic rings. The van der Waals surface area contributed by atoms with E-state index in [4.69, 9.17) is 19.4 Å². The van der Waals surface area contributed by atoms with Crippen LogP contribution in [0, 0.1) is 0 Å². The van der Waals surface area contributed by atoms with Crippen LogP contribution in [0.2, 0.25) is 0 Å². The Bertz CT molecular complexity index is 1090. The molecule has 0 fully saturated rings. The van der Waals surface area contributed by atoms with E-state index < -0.39 is 37.4 Å². The third kappa shape index (κ3) is 7.51. The number of hydrogen-bond donors (Lipinski definition) is 1. The van der Waals surface area contributed by atoms with Crippen molar-refractivity contribution in [2.75, 3.05) is 13.2 Å². The predicted octanol–water partition coefficient (Wildman–Crippen LogP) is 3.16. The van der Waals surface area contributed by atoms with Crippen molar-refractivity contribution >= 4 is 41.1 Å². The van der Waals surface area contributed by atoms with Gasteiger partial charge in [-0.1, -0.05) is 60.4 Å². The van der Waals surface area contributed by atoms with Crippen LogP contribution in [-0.4, -0.2) is 36.2 Å². The van der Waals surface area contributed by atoms with Crippen LogP contribution in [0.15, 0.2) is 102 Å². The quantitative estimate of drug-likeness (QED) is 0.199. The van der Waals surface area contributed by atoms with Gasteiger partial charge in [-0.05, 0) is 50.2 Å². The Hall–Kier alpha value is -3.96. The van der Waals surface area contributed by atoms with Crippen LogP contribution in [0.1, 0.15) is 27.2 Å². The zero-order valence-electron chi connectivity index (χ0n) is 21.1. The molecule has 3 aromatic carbocycles. The number of hydrogen-bond acceptors (Lipinski definition) is 6. The molecule has 0 bridgehead atoms. The molecule has 0 spiro atoms. The first kappa shape index (κ1) is 29.3. The summed E-state index contributed by atoms with van der Waals surface area (Å²) in [5.41, 5.74) is 0. The summed E-state index contributed by atoms with van der Waals surface area (Å²) in [6.45, 7) is 4.71. The number of carbonyl (C=O) groups is 3. The molecule has 0 amide bonds. The summed E-state index contributed by atoms with van der Waals surface area (Å²) in [6.07, 6.45) is -0.532. The zero-order valence-corrected chi connectivity index (χ0v) is 22.0. The molecule has 0 aliphatic heterocycles. The topological polar surface area (TPSA) is 113 Å². The molecule has 1 N–H and O–H groups in total. The summed E-state index contributed by atoms with van der Waals surface area (Å²) >= 11 is 0. The van der Waals surface area contributed by atoms with Gasteiger partial charge in [0.05, 0.1) is 19.6 Å². The lowest BCUT2D eigenvalue weighted by Gasteiger charge is -2.31. The van der Waals surface area contributed by atoms with Crippen molar-refractivity contribution in [3.63, 3.8) is 0 Å². The maximum absolute atomic E-state index is 13.7. The monoisotopic (exact) mass is 522 g/mol. The standard InChI is InChI=1S/C27H27O5P.C2H4O2/c1-3-31-25(29)20-24(28)26(27(30)32-4-2)33(21-14-8-5-9-15-21,22-16-10-6-11-17-22)23-18-12-7-13-19-23;1-2(3)4/h5-19H,3-4,20H2,1-2H3;1H3,(H,3,4). The Morgan fingerprint density at radius 2 is 1.08 bits per heavy atom. The predicted molar refractivity (Wildman–Crippen MR) is 143 cm³/mol. The second kappa shape index (κ2) is 14.6. The van der Waals surface area contributed by atoms with Crippen molar-refractivity contribution in [3.05, 3.63) is 102 Å². The van der Waals surface area contributed by atoms with E-state index in [0.717, 1.165) is 22.8 Å².